The summed E-state index contributed by atoms with van der Waals surface area (Å²) in [6.07, 6.45) is -0.562. The van der Waals surface area contributed by atoms with Crippen LogP contribution in [-0.2, 0) is 9.53 Å². The molecule has 1 aliphatic heterocycles. The van der Waals surface area contributed by atoms with E-state index in [9.17, 15) is 9.59 Å². The Balaban J connectivity index is 1.83. The van der Waals surface area contributed by atoms with Gasteiger partial charge in [0.05, 0.1) is 19.4 Å². The Labute approximate surface area is 136 Å². The summed E-state index contributed by atoms with van der Waals surface area (Å²) in [6, 6.07) is 7.84. The number of amides is 2. The van der Waals surface area contributed by atoms with Crippen molar-refractivity contribution >= 4 is 17.7 Å². The Bertz CT molecular complexity index is 542. The van der Waals surface area contributed by atoms with Gasteiger partial charge in [-0.1, -0.05) is 12.1 Å². The molecule has 1 N–H and O–H groups in total. The molecule has 1 fully saturated rings. The summed E-state index contributed by atoms with van der Waals surface area (Å²) in [5.74, 6) is 0.731. The van der Waals surface area contributed by atoms with Crippen LogP contribution in [0.15, 0.2) is 24.3 Å². The zero-order valence-corrected chi connectivity index (χ0v) is 13.6. The lowest BCUT2D eigenvalue weighted by Gasteiger charge is -2.36. The van der Waals surface area contributed by atoms with Gasteiger partial charge in [-0.15, -0.1) is 0 Å². The maximum absolute atomic E-state index is 12.1. The average molecular weight is 321 g/mol. The highest BCUT2D eigenvalue weighted by atomic mass is 16.5. The molecule has 0 aliphatic carbocycles. The van der Waals surface area contributed by atoms with Crippen molar-refractivity contribution in [1.29, 1.82) is 0 Å². The second kappa shape index (κ2) is 8.26. The van der Waals surface area contributed by atoms with E-state index in [0.717, 1.165) is 24.5 Å². The molecule has 0 saturated carbocycles. The number of carbonyl (C=O) groups excluding carboxylic acids is 2. The summed E-state index contributed by atoms with van der Waals surface area (Å²) in [6.45, 7) is 4.66. The molecule has 0 aromatic heterocycles. The molecule has 1 heterocycles. The number of para-hydroxylation sites is 2. The second-order valence-corrected chi connectivity index (χ2v) is 5.11. The highest BCUT2D eigenvalue weighted by Gasteiger charge is 2.23. The number of anilines is 1. The molecule has 1 aromatic rings. The van der Waals surface area contributed by atoms with E-state index in [1.54, 1.807) is 18.9 Å². The molecule has 0 unspecified atom stereocenters. The van der Waals surface area contributed by atoms with Gasteiger partial charge in [0, 0.05) is 26.2 Å². The normalized spacial score (nSPS) is 14.3. The minimum Gasteiger partial charge on any atom is -0.495 e. The summed E-state index contributed by atoms with van der Waals surface area (Å²) >= 11 is 0. The third-order valence-electron chi connectivity index (χ3n) is 3.72. The van der Waals surface area contributed by atoms with Crippen molar-refractivity contribution in [3.8, 4) is 5.75 Å². The first-order chi connectivity index (χ1) is 11.2. The predicted octanol–water partition coefficient (Wildman–Crippen LogP) is 1.09. The van der Waals surface area contributed by atoms with Crippen LogP contribution in [0.4, 0.5) is 10.5 Å². The number of methoxy groups -OCH3 is 1. The van der Waals surface area contributed by atoms with E-state index in [2.05, 4.69) is 10.2 Å². The number of carbonyl (C=O) groups is 2. The largest absolute Gasteiger partial charge is 0.495 e. The Kier molecular flexibility index (Phi) is 6.08. The first-order valence-corrected chi connectivity index (χ1v) is 7.72. The number of alkyl carbamates (subject to hydrolysis) is 1. The molecule has 126 valence electrons. The monoisotopic (exact) mass is 321 g/mol. The molecular formula is C16H23N3O4. The lowest BCUT2D eigenvalue weighted by molar-refractivity contribution is -0.130. The van der Waals surface area contributed by atoms with Gasteiger partial charge in [-0.05, 0) is 19.1 Å². The summed E-state index contributed by atoms with van der Waals surface area (Å²) < 4.78 is 10.1. The Morgan fingerprint density at radius 1 is 1.17 bits per heavy atom. The van der Waals surface area contributed by atoms with Gasteiger partial charge in [-0.25, -0.2) is 4.79 Å². The lowest BCUT2D eigenvalue weighted by Crippen LogP contribution is -2.51. The molecule has 7 nitrogen and oxygen atoms in total. The summed E-state index contributed by atoms with van der Waals surface area (Å²) in [7, 11) is 1.65. The number of rotatable bonds is 5. The molecule has 1 aromatic carbocycles. The van der Waals surface area contributed by atoms with Crippen LogP contribution < -0.4 is 15.0 Å². The number of piperazine rings is 1. The molecule has 0 atom stereocenters. The second-order valence-electron chi connectivity index (χ2n) is 5.11. The van der Waals surface area contributed by atoms with Gasteiger partial charge < -0.3 is 24.6 Å². The summed E-state index contributed by atoms with van der Waals surface area (Å²) in [5, 5.41) is 2.46. The van der Waals surface area contributed by atoms with Crippen molar-refractivity contribution in [1.82, 2.24) is 10.2 Å². The van der Waals surface area contributed by atoms with E-state index in [1.165, 1.54) is 0 Å². The van der Waals surface area contributed by atoms with Crippen LogP contribution in [0.2, 0.25) is 0 Å². The summed E-state index contributed by atoms with van der Waals surface area (Å²) in [4.78, 5) is 27.2. The Morgan fingerprint density at radius 2 is 1.87 bits per heavy atom. The van der Waals surface area contributed by atoms with Crippen molar-refractivity contribution in [3.05, 3.63) is 24.3 Å². The van der Waals surface area contributed by atoms with Crippen LogP contribution in [0.25, 0.3) is 0 Å². The van der Waals surface area contributed by atoms with Gasteiger partial charge in [-0.2, -0.15) is 0 Å². The molecule has 1 saturated heterocycles. The van der Waals surface area contributed by atoms with Gasteiger partial charge in [0.15, 0.2) is 0 Å². The quantitative estimate of drug-likeness (QED) is 0.879. The topological polar surface area (TPSA) is 71.1 Å². The molecule has 2 rings (SSSR count). The van der Waals surface area contributed by atoms with E-state index < -0.39 is 6.09 Å². The van der Waals surface area contributed by atoms with E-state index in [1.807, 2.05) is 24.3 Å². The van der Waals surface area contributed by atoms with Crippen molar-refractivity contribution in [2.24, 2.45) is 0 Å². The average Bonchev–Trinajstić information content (AvgIpc) is 2.60. The third kappa shape index (κ3) is 4.51. The fraction of sp³-hybridized carbons (Fsp3) is 0.500. The minimum atomic E-state index is -0.562. The van der Waals surface area contributed by atoms with Crippen LogP contribution in [0.3, 0.4) is 0 Å². The maximum atomic E-state index is 12.1. The number of nitrogens with one attached hydrogen (secondary N) is 1. The van der Waals surface area contributed by atoms with Crippen LogP contribution in [0, 0.1) is 0 Å². The van der Waals surface area contributed by atoms with E-state index in [4.69, 9.17) is 9.47 Å². The van der Waals surface area contributed by atoms with Gasteiger partial charge in [-0.3, -0.25) is 4.79 Å². The number of benzene rings is 1. The fourth-order valence-electron chi connectivity index (χ4n) is 2.53. The van der Waals surface area contributed by atoms with Gasteiger partial charge in [0.1, 0.15) is 12.3 Å². The number of ether oxygens (including phenoxy) is 2. The Morgan fingerprint density at radius 3 is 2.52 bits per heavy atom. The molecule has 23 heavy (non-hydrogen) atoms. The number of hydrogen-bond donors (Lipinski definition) is 1. The van der Waals surface area contributed by atoms with Gasteiger partial charge in [0.25, 0.3) is 0 Å². The molecule has 0 radical (unpaired) electrons. The van der Waals surface area contributed by atoms with E-state index in [0.29, 0.717) is 13.1 Å². The zero-order valence-electron chi connectivity index (χ0n) is 13.6. The van der Waals surface area contributed by atoms with Crippen LogP contribution >= 0.6 is 0 Å². The maximum Gasteiger partial charge on any atom is 0.407 e. The first kappa shape index (κ1) is 16.9. The third-order valence-corrected chi connectivity index (χ3v) is 3.72. The summed E-state index contributed by atoms with van der Waals surface area (Å²) in [5.41, 5.74) is 1.03. The van der Waals surface area contributed by atoms with Gasteiger partial charge >= 0.3 is 6.09 Å². The number of hydrogen-bond acceptors (Lipinski definition) is 5. The molecule has 1 aliphatic rings. The fourth-order valence-corrected chi connectivity index (χ4v) is 2.53. The van der Waals surface area contributed by atoms with Crippen molar-refractivity contribution in [3.63, 3.8) is 0 Å². The predicted molar refractivity (Wildman–Crippen MR) is 86.8 cm³/mol. The van der Waals surface area contributed by atoms with E-state index >= 15 is 0 Å². The molecule has 7 heteroatoms. The molecule has 0 bridgehead atoms. The molecule has 2 amide bonds. The highest BCUT2D eigenvalue weighted by Crippen LogP contribution is 2.28. The van der Waals surface area contributed by atoms with Crippen LogP contribution in [-0.4, -0.2) is 63.3 Å². The van der Waals surface area contributed by atoms with Gasteiger partial charge in [0.2, 0.25) is 5.91 Å². The van der Waals surface area contributed by atoms with E-state index in [-0.39, 0.29) is 19.1 Å². The minimum absolute atomic E-state index is 0.0342. The highest BCUT2D eigenvalue weighted by molar-refractivity contribution is 5.82. The smallest absolute Gasteiger partial charge is 0.407 e. The van der Waals surface area contributed by atoms with Crippen LogP contribution in [0.1, 0.15) is 6.92 Å². The van der Waals surface area contributed by atoms with Crippen molar-refractivity contribution in [2.75, 3.05) is 51.3 Å². The molecular weight excluding hydrogens is 298 g/mol. The lowest BCUT2D eigenvalue weighted by atomic mass is 10.2. The SMILES string of the molecule is CCOC(=O)NCC(=O)N1CCN(c2ccccc2OC)CC1. The molecule has 0 spiro atoms. The standard InChI is InChI=1S/C16H23N3O4/c1-3-23-16(21)17-12-15(20)19-10-8-18(9-11-19)13-6-4-5-7-14(13)22-2/h4-7H,3,8-12H2,1-2H3,(H,17,21). The zero-order chi connectivity index (χ0) is 16.7. The van der Waals surface area contributed by atoms with Crippen molar-refractivity contribution < 1.29 is 19.1 Å². The first-order valence-electron chi connectivity index (χ1n) is 7.72. The Hall–Kier alpha value is -2.44. The number of nitrogens with zero attached hydrogens (tertiary/aromatic N) is 2. The van der Waals surface area contributed by atoms with Crippen molar-refractivity contribution in [2.45, 2.75) is 6.92 Å². The van der Waals surface area contributed by atoms with Crippen LogP contribution in [0.5, 0.6) is 5.75 Å².